The van der Waals surface area contributed by atoms with Gasteiger partial charge in [-0.2, -0.15) is 0 Å². The highest BCUT2D eigenvalue weighted by Gasteiger charge is 2.06. The van der Waals surface area contributed by atoms with Gasteiger partial charge in [0.15, 0.2) is 5.16 Å². The normalized spacial score (nSPS) is 10.3. The Bertz CT molecular complexity index is 466. The predicted octanol–water partition coefficient (Wildman–Crippen LogP) is 3.44. The second-order valence-corrected chi connectivity index (χ2v) is 4.85. The van der Waals surface area contributed by atoms with Crippen molar-refractivity contribution in [2.75, 3.05) is 0 Å². The molecule has 2 rings (SSSR count). The Morgan fingerprint density at radius 1 is 1.20 bits per heavy atom. The summed E-state index contributed by atoms with van der Waals surface area (Å²) in [5.74, 6) is 0. The lowest BCUT2D eigenvalue weighted by Crippen LogP contribution is -1.86. The van der Waals surface area contributed by atoms with E-state index in [1.807, 2.05) is 0 Å². The number of aromatic nitrogens is 3. The van der Waals surface area contributed by atoms with Crippen LogP contribution in [0.4, 0.5) is 0 Å². The lowest BCUT2D eigenvalue weighted by molar-refractivity contribution is 0.960. The summed E-state index contributed by atoms with van der Waals surface area (Å²) in [4.78, 5) is 12.3. The van der Waals surface area contributed by atoms with E-state index >= 15 is 0 Å². The zero-order valence-corrected chi connectivity index (χ0v) is 10.6. The molecule has 0 amide bonds. The molecule has 6 heteroatoms. The molecule has 0 aliphatic carbocycles. The Labute approximate surface area is 104 Å². The first-order valence-electron chi connectivity index (χ1n) is 4.01. The van der Waals surface area contributed by atoms with Crippen LogP contribution in [0.5, 0.6) is 0 Å². The molecule has 0 atom stereocenters. The first kappa shape index (κ1) is 10.9. The third-order valence-corrected chi connectivity index (χ3v) is 3.25. The zero-order chi connectivity index (χ0) is 10.7. The maximum Gasteiger partial charge on any atom is 0.193 e. The van der Waals surface area contributed by atoms with Crippen LogP contribution >= 0.6 is 39.3 Å². The van der Waals surface area contributed by atoms with Crippen LogP contribution in [0.1, 0.15) is 0 Å². The van der Waals surface area contributed by atoms with E-state index in [2.05, 4.69) is 30.9 Å². The molecule has 0 saturated carbocycles. The van der Waals surface area contributed by atoms with Crippen LogP contribution in [0.3, 0.4) is 0 Å². The van der Waals surface area contributed by atoms with Crippen molar-refractivity contribution in [3.05, 3.63) is 40.2 Å². The summed E-state index contributed by atoms with van der Waals surface area (Å²) >= 11 is 10.6. The summed E-state index contributed by atoms with van der Waals surface area (Å²) in [5.41, 5.74) is 0. The van der Waals surface area contributed by atoms with Gasteiger partial charge in [-0.3, -0.25) is 0 Å². The van der Waals surface area contributed by atoms with Crippen molar-refractivity contribution in [1.29, 1.82) is 0 Å². The maximum absolute atomic E-state index is 6.01. The minimum absolute atomic E-state index is 0.585. The largest absolute Gasteiger partial charge is 0.247 e. The molecule has 0 radical (unpaired) electrons. The molecule has 0 N–H and O–H groups in total. The Hall–Kier alpha value is -0.650. The molecule has 2 aromatic rings. The van der Waals surface area contributed by atoms with Crippen LogP contribution in [0.25, 0.3) is 0 Å². The van der Waals surface area contributed by atoms with Crippen molar-refractivity contribution in [2.45, 2.75) is 10.2 Å². The second kappa shape index (κ2) is 4.92. The Morgan fingerprint density at radius 2 is 1.93 bits per heavy atom. The van der Waals surface area contributed by atoms with Crippen LogP contribution in [0, 0.1) is 0 Å². The monoisotopic (exact) mass is 301 g/mol. The van der Waals surface area contributed by atoms with Crippen LogP contribution in [-0.2, 0) is 0 Å². The van der Waals surface area contributed by atoms with Crippen molar-refractivity contribution in [3.8, 4) is 0 Å². The number of nitrogens with zero attached hydrogens (tertiary/aromatic N) is 3. The van der Waals surface area contributed by atoms with Gasteiger partial charge in [0.05, 0.1) is 5.02 Å². The third-order valence-electron chi connectivity index (χ3n) is 1.50. The third kappa shape index (κ3) is 2.90. The molecule has 2 heterocycles. The van der Waals surface area contributed by atoms with Gasteiger partial charge in [-0.25, -0.2) is 15.0 Å². The van der Waals surface area contributed by atoms with E-state index in [-0.39, 0.29) is 0 Å². The summed E-state index contributed by atoms with van der Waals surface area (Å²) in [6.07, 6.45) is 5.06. The highest BCUT2D eigenvalue weighted by atomic mass is 79.9. The van der Waals surface area contributed by atoms with E-state index in [0.29, 0.717) is 15.2 Å². The van der Waals surface area contributed by atoms with Gasteiger partial charge in [0.2, 0.25) is 0 Å². The van der Waals surface area contributed by atoms with Crippen molar-refractivity contribution in [2.24, 2.45) is 0 Å². The molecule has 0 aliphatic rings. The topological polar surface area (TPSA) is 38.7 Å². The zero-order valence-electron chi connectivity index (χ0n) is 7.39. The minimum Gasteiger partial charge on any atom is -0.247 e. The fraction of sp³-hybridized carbons (Fsp3) is 0. The van der Waals surface area contributed by atoms with Gasteiger partial charge in [0.25, 0.3) is 0 Å². The summed E-state index contributed by atoms with van der Waals surface area (Å²) < 4.78 is 0.853. The molecule has 0 fully saturated rings. The summed E-state index contributed by atoms with van der Waals surface area (Å²) in [6, 6.07) is 3.56. The van der Waals surface area contributed by atoms with Crippen LogP contribution in [-0.4, -0.2) is 15.0 Å². The number of pyridine rings is 1. The Balaban J connectivity index is 2.25. The minimum atomic E-state index is 0.585. The summed E-state index contributed by atoms with van der Waals surface area (Å²) in [7, 11) is 0. The average molecular weight is 303 g/mol. The molecule has 0 saturated heterocycles. The smallest absolute Gasteiger partial charge is 0.193 e. The number of hydrogen-bond acceptors (Lipinski definition) is 4. The van der Waals surface area contributed by atoms with Gasteiger partial charge in [0, 0.05) is 23.1 Å². The van der Waals surface area contributed by atoms with Crippen molar-refractivity contribution < 1.29 is 0 Å². The quantitative estimate of drug-likeness (QED) is 0.797. The van der Waals surface area contributed by atoms with Crippen molar-refractivity contribution in [3.63, 3.8) is 0 Å². The molecule has 76 valence electrons. The lowest BCUT2D eigenvalue weighted by Gasteiger charge is -2.01. The van der Waals surface area contributed by atoms with Crippen LogP contribution in [0.15, 0.2) is 45.4 Å². The molecule has 2 aromatic heterocycles. The first-order valence-corrected chi connectivity index (χ1v) is 6.00. The SMILES string of the molecule is Clc1cc(Br)cnc1Sc1ncccn1. The van der Waals surface area contributed by atoms with E-state index in [9.17, 15) is 0 Å². The number of rotatable bonds is 2. The Kier molecular flexibility index (Phi) is 3.56. The lowest BCUT2D eigenvalue weighted by atomic mass is 10.5. The predicted molar refractivity (Wildman–Crippen MR) is 63.1 cm³/mol. The molecule has 0 spiro atoms. The van der Waals surface area contributed by atoms with E-state index < -0.39 is 0 Å². The standard InChI is InChI=1S/C9H5BrClN3S/c10-6-4-7(11)8(14-5-6)15-9-12-2-1-3-13-9/h1-5H. The van der Waals surface area contributed by atoms with Gasteiger partial charge in [-0.05, 0) is 39.8 Å². The number of hydrogen-bond donors (Lipinski definition) is 0. The van der Waals surface area contributed by atoms with Crippen molar-refractivity contribution in [1.82, 2.24) is 15.0 Å². The second-order valence-electron chi connectivity index (χ2n) is 2.57. The molecule has 3 nitrogen and oxygen atoms in total. The molecular weight excluding hydrogens is 298 g/mol. The molecular formula is C9H5BrClN3S. The molecule has 0 bridgehead atoms. The van der Waals surface area contributed by atoms with Gasteiger partial charge in [-0.1, -0.05) is 11.6 Å². The first-order chi connectivity index (χ1) is 7.25. The van der Waals surface area contributed by atoms with E-state index in [1.54, 1.807) is 30.7 Å². The molecule has 0 aromatic carbocycles. The van der Waals surface area contributed by atoms with Crippen LogP contribution < -0.4 is 0 Å². The molecule has 0 unspecified atom stereocenters. The maximum atomic E-state index is 6.01. The fourth-order valence-corrected chi connectivity index (χ4v) is 2.31. The van der Waals surface area contributed by atoms with Gasteiger partial charge in [-0.15, -0.1) is 0 Å². The van der Waals surface area contributed by atoms with Crippen molar-refractivity contribution >= 4 is 39.3 Å². The fourth-order valence-electron chi connectivity index (χ4n) is 0.902. The molecule has 15 heavy (non-hydrogen) atoms. The summed E-state index contributed by atoms with van der Waals surface area (Å²) in [6.45, 7) is 0. The van der Waals surface area contributed by atoms with E-state index in [4.69, 9.17) is 11.6 Å². The highest BCUT2D eigenvalue weighted by molar-refractivity contribution is 9.10. The number of halogens is 2. The summed E-state index contributed by atoms with van der Waals surface area (Å²) in [5, 5.41) is 1.92. The van der Waals surface area contributed by atoms with Gasteiger partial charge >= 0.3 is 0 Å². The van der Waals surface area contributed by atoms with E-state index in [0.717, 1.165) is 4.47 Å². The van der Waals surface area contributed by atoms with Crippen LogP contribution in [0.2, 0.25) is 5.02 Å². The van der Waals surface area contributed by atoms with Gasteiger partial charge < -0.3 is 0 Å². The Morgan fingerprint density at radius 3 is 2.60 bits per heavy atom. The molecule has 0 aliphatic heterocycles. The average Bonchev–Trinajstić information content (AvgIpc) is 2.24. The van der Waals surface area contributed by atoms with Gasteiger partial charge in [0.1, 0.15) is 5.03 Å². The highest BCUT2D eigenvalue weighted by Crippen LogP contribution is 2.30. The van der Waals surface area contributed by atoms with E-state index in [1.165, 1.54) is 11.8 Å².